The molecule has 0 aliphatic heterocycles. The Morgan fingerprint density at radius 1 is 1.29 bits per heavy atom. The van der Waals surface area contributed by atoms with Crippen LogP contribution in [0, 0.1) is 11.3 Å². The molecule has 0 saturated heterocycles. The fourth-order valence-electron chi connectivity index (χ4n) is 2.21. The summed E-state index contributed by atoms with van der Waals surface area (Å²) in [6, 6.07) is 1.65. The molecule has 24 heavy (non-hydrogen) atoms. The Morgan fingerprint density at radius 2 is 1.92 bits per heavy atom. The van der Waals surface area contributed by atoms with Crippen LogP contribution in [0.2, 0.25) is 0 Å². The molecule has 2 aromatic heterocycles. The first-order valence-corrected chi connectivity index (χ1v) is 8.38. The molecule has 0 aliphatic rings. The van der Waals surface area contributed by atoms with Crippen molar-refractivity contribution in [3.8, 4) is 6.07 Å². The number of thiazole rings is 1. The first-order valence-electron chi connectivity index (χ1n) is 7.50. The lowest BCUT2D eigenvalue weighted by Crippen LogP contribution is -2.40. The molecule has 2 aromatic rings. The van der Waals surface area contributed by atoms with Crippen LogP contribution in [-0.2, 0) is 19.5 Å². The molecule has 0 radical (unpaired) electrons. The number of hydrogen-bond donors (Lipinski definition) is 1. The van der Waals surface area contributed by atoms with Gasteiger partial charge in [0.15, 0.2) is 5.56 Å². The highest BCUT2D eigenvalue weighted by Crippen LogP contribution is 2.28. The summed E-state index contributed by atoms with van der Waals surface area (Å²) >= 11 is 1.51. The molecule has 0 amide bonds. The number of nitrogens with one attached hydrogen (secondary N) is 1. The third kappa shape index (κ3) is 3.12. The molecule has 0 fully saturated rings. The van der Waals surface area contributed by atoms with Gasteiger partial charge in [-0.25, -0.2) is 9.78 Å². The molecule has 0 bridgehead atoms. The summed E-state index contributed by atoms with van der Waals surface area (Å²) < 4.78 is 2.20. The van der Waals surface area contributed by atoms with Gasteiger partial charge in [-0.05, 0) is 6.92 Å². The van der Waals surface area contributed by atoms with E-state index < -0.39 is 11.2 Å². The maximum atomic E-state index is 12.1. The van der Waals surface area contributed by atoms with E-state index in [4.69, 9.17) is 0 Å². The van der Waals surface area contributed by atoms with Crippen molar-refractivity contribution >= 4 is 17.2 Å². The van der Waals surface area contributed by atoms with Gasteiger partial charge in [-0.3, -0.25) is 13.9 Å². The average Bonchev–Trinajstić information content (AvgIpc) is 3.01. The third-order valence-corrected chi connectivity index (χ3v) is 4.82. The van der Waals surface area contributed by atoms with Crippen LogP contribution in [0.5, 0.6) is 0 Å². The standard InChI is InChI=1S/C16H21N5O2S/c1-9(13-19-11(8-24-13)16(2,3)4)18-12-10(7-17)14(22)21(6)15(23)20(12)5/h8-9,18H,1-6H3. The van der Waals surface area contributed by atoms with Crippen molar-refractivity contribution in [3.05, 3.63) is 42.5 Å². The van der Waals surface area contributed by atoms with Gasteiger partial charge >= 0.3 is 5.69 Å². The molecule has 2 heterocycles. The summed E-state index contributed by atoms with van der Waals surface area (Å²) in [5.74, 6) is 0.214. The fraction of sp³-hybridized carbons (Fsp3) is 0.500. The van der Waals surface area contributed by atoms with Gasteiger partial charge in [-0.1, -0.05) is 20.8 Å². The van der Waals surface area contributed by atoms with Gasteiger partial charge in [-0.2, -0.15) is 5.26 Å². The number of nitrogens with zero attached hydrogens (tertiary/aromatic N) is 4. The second kappa shape index (κ2) is 6.24. The fourth-order valence-corrected chi connectivity index (χ4v) is 3.26. The highest BCUT2D eigenvalue weighted by atomic mass is 32.1. The molecular formula is C16H21N5O2S. The second-order valence-electron chi connectivity index (χ2n) is 6.73. The van der Waals surface area contributed by atoms with Gasteiger partial charge in [0.1, 0.15) is 16.9 Å². The Morgan fingerprint density at radius 3 is 2.42 bits per heavy atom. The summed E-state index contributed by atoms with van der Waals surface area (Å²) in [6.07, 6.45) is 0. The Labute approximate surface area is 144 Å². The van der Waals surface area contributed by atoms with E-state index in [1.54, 1.807) is 0 Å². The summed E-state index contributed by atoms with van der Waals surface area (Å²) in [5.41, 5.74) is -0.247. The van der Waals surface area contributed by atoms with E-state index in [-0.39, 0.29) is 22.8 Å². The van der Waals surface area contributed by atoms with E-state index in [0.717, 1.165) is 15.3 Å². The highest BCUT2D eigenvalue weighted by Gasteiger charge is 2.22. The Kier molecular flexibility index (Phi) is 4.67. The molecule has 0 aliphatic carbocycles. The number of anilines is 1. The van der Waals surface area contributed by atoms with Crippen LogP contribution in [-0.4, -0.2) is 14.1 Å². The van der Waals surface area contributed by atoms with Gasteiger partial charge in [0.2, 0.25) is 0 Å². The summed E-state index contributed by atoms with van der Waals surface area (Å²) in [4.78, 5) is 28.8. The molecule has 128 valence electrons. The Balaban J connectivity index is 2.45. The van der Waals surface area contributed by atoms with Crippen molar-refractivity contribution in [2.24, 2.45) is 14.1 Å². The first-order chi connectivity index (χ1) is 11.1. The molecule has 8 heteroatoms. The normalized spacial score (nSPS) is 12.7. The van der Waals surface area contributed by atoms with Crippen LogP contribution in [0.3, 0.4) is 0 Å². The topological polar surface area (TPSA) is 92.7 Å². The molecule has 1 unspecified atom stereocenters. The number of hydrogen-bond acceptors (Lipinski definition) is 6. The van der Waals surface area contributed by atoms with Crippen molar-refractivity contribution in [1.82, 2.24) is 14.1 Å². The number of aromatic nitrogens is 3. The van der Waals surface area contributed by atoms with Crippen LogP contribution >= 0.6 is 11.3 Å². The van der Waals surface area contributed by atoms with Crippen molar-refractivity contribution in [2.75, 3.05) is 5.32 Å². The third-order valence-electron chi connectivity index (χ3n) is 3.79. The minimum atomic E-state index is -0.607. The molecule has 0 saturated carbocycles. The average molecular weight is 347 g/mol. The molecule has 1 N–H and O–H groups in total. The molecular weight excluding hydrogens is 326 g/mol. The Hall–Kier alpha value is -2.40. The zero-order valence-electron chi connectivity index (χ0n) is 14.7. The summed E-state index contributed by atoms with van der Waals surface area (Å²) in [5, 5.41) is 15.2. The summed E-state index contributed by atoms with van der Waals surface area (Å²) in [6.45, 7) is 8.14. The van der Waals surface area contributed by atoms with Crippen molar-refractivity contribution < 1.29 is 0 Å². The zero-order valence-corrected chi connectivity index (χ0v) is 15.5. The monoisotopic (exact) mass is 347 g/mol. The lowest BCUT2D eigenvalue weighted by molar-refractivity contribution is 0.569. The predicted molar refractivity (Wildman–Crippen MR) is 94.5 cm³/mol. The maximum absolute atomic E-state index is 12.1. The second-order valence-corrected chi connectivity index (χ2v) is 7.62. The largest absolute Gasteiger partial charge is 0.361 e. The van der Waals surface area contributed by atoms with Crippen molar-refractivity contribution in [1.29, 1.82) is 5.26 Å². The maximum Gasteiger partial charge on any atom is 0.332 e. The van der Waals surface area contributed by atoms with Crippen LogP contribution in [0.1, 0.15) is 50.0 Å². The minimum absolute atomic E-state index is 0.0537. The molecule has 1 atom stereocenters. The van der Waals surface area contributed by atoms with Gasteiger partial charge in [-0.15, -0.1) is 11.3 Å². The van der Waals surface area contributed by atoms with Gasteiger partial charge < -0.3 is 5.32 Å². The molecule has 7 nitrogen and oxygen atoms in total. The van der Waals surface area contributed by atoms with Crippen LogP contribution in [0.15, 0.2) is 15.0 Å². The van der Waals surface area contributed by atoms with E-state index in [2.05, 4.69) is 31.1 Å². The van der Waals surface area contributed by atoms with Crippen molar-refractivity contribution in [3.63, 3.8) is 0 Å². The van der Waals surface area contributed by atoms with Gasteiger partial charge in [0, 0.05) is 24.9 Å². The van der Waals surface area contributed by atoms with Gasteiger partial charge in [0.25, 0.3) is 5.56 Å². The smallest absolute Gasteiger partial charge is 0.332 e. The predicted octanol–water partition coefficient (Wildman–Crippen LogP) is 1.88. The highest BCUT2D eigenvalue weighted by molar-refractivity contribution is 7.09. The molecule has 0 spiro atoms. The summed E-state index contributed by atoms with van der Waals surface area (Å²) in [7, 11) is 2.88. The number of nitriles is 1. The van der Waals surface area contributed by atoms with E-state index >= 15 is 0 Å². The zero-order chi connectivity index (χ0) is 18.2. The van der Waals surface area contributed by atoms with E-state index in [0.29, 0.717) is 0 Å². The quantitative estimate of drug-likeness (QED) is 0.915. The molecule has 0 aromatic carbocycles. The van der Waals surface area contributed by atoms with Crippen molar-refractivity contribution in [2.45, 2.75) is 39.2 Å². The first kappa shape index (κ1) is 17.9. The van der Waals surface area contributed by atoms with E-state index in [1.807, 2.05) is 18.4 Å². The lowest BCUT2D eigenvalue weighted by Gasteiger charge is -2.18. The number of rotatable bonds is 3. The van der Waals surface area contributed by atoms with E-state index in [9.17, 15) is 14.9 Å². The van der Waals surface area contributed by atoms with Crippen LogP contribution in [0.4, 0.5) is 5.82 Å². The lowest BCUT2D eigenvalue weighted by atomic mass is 9.93. The SMILES string of the molecule is CC(Nc1c(C#N)c(=O)n(C)c(=O)n1C)c1nc(C(C)(C)C)cs1. The van der Waals surface area contributed by atoms with Gasteiger partial charge in [0.05, 0.1) is 11.7 Å². The van der Waals surface area contributed by atoms with E-state index in [1.165, 1.54) is 30.0 Å². The molecule has 2 rings (SSSR count). The van der Waals surface area contributed by atoms with Crippen LogP contribution < -0.4 is 16.6 Å². The minimum Gasteiger partial charge on any atom is -0.361 e. The van der Waals surface area contributed by atoms with Crippen LogP contribution in [0.25, 0.3) is 0 Å². The Bertz CT molecular complexity index is 924.